The van der Waals surface area contributed by atoms with Crippen LogP contribution in [0.4, 0.5) is 0 Å². The van der Waals surface area contributed by atoms with Crippen molar-refractivity contribution in [1.82, 2.24) is 5.32 Å². The number of carbonyl (C=O) groups is 1. The molecule has 0 saturated heterocycles. The van der Waals surface area contributed by atoms with Crippen molar-refractivity contribution in [3.05, 3.63) is 0 Å². The van der Waals surface area contributed by atoms with Gasteiger partial charge in [0.15, 0.2) is 0 Å². The van der Waals surface area contributed by atoms with Crippen molar-refractivity contribution in [1.29, 1.82) is 0 Å². The molecule has 98 valence electrons. The van der Waals surface area contributed by atoms with E-state index >= 15 is 0 Å². The van der Waals surface area contributed by atoms with Crippen LogP contribution in [0.5, 0.6) is 0 Å². The summed E-state index contributed by atoms with van der Waals surface area (Å²) in [6.45, 7) is 0. The van der Waals surface area contributed by atoms with Gasteiger partial charge >= 0.3 is 0 Å². The first-order valence-electron chi connectivity index (χ1n) is 6.91. The second-order valence-electron chi connectivity index (χ2n) is 5.93. The number of hydrogen-bond acceptors (Lipinski definition) is 3. The van der Waals surface area contributed by atoms with Crippen molar-refractivity contribution >= 4 is 5.91 Å². The first kappa shape index (κ1) is 12.8. The molecule has 2 rings (SSSR count). The fourth-order valence-electron chi connectivity index (χ4n) is 3.12. The Kier molecular flexibility index (Phi) is 4.05. The van der Waals surface area contributed by atoms with Gasteiger partial charge in [-0.15, -0.1) is 0 Å². The van der Waals surface area contributed by atoms with Crippen molar-refractivity contribution in [3.63, 3.8) is 0 Å². The fraction of sp³-hybridized carbons (Fsp3) is 0.923. The minimum Gasteiger partial charge on any atom is -0.353 e. The Morgan fingerprint density at radius 1 is 1.18 bits per heavy atom. The summed E-state index contributed by atoms with van der Waals surface area (Å²) in [4.78, 5) is 11.9. The van der Waals surface area contributed by atoms with Gasteiger partial charge in [-0.05, 0) is 38.5 Å². The Morgan fingerprint density at radius 3 is 2.35 bits per heavy atom. The molecule has 0 aromatic rings. The van der Waals surface area contributed by atoms with Gasteiger partial charge in [-0.3, -0.25) is 4.79 Å². The average molecular weight is 239 g/mol. The monoisotopic (exact) mass is 239 g/mol. The maximum Gasteiger partial charge on any atom is 0.222 e. The minimum absolute atomic E-state index is 0.134. The smallest absolute Gasteiger partial charge is 0.222 e. The topological polar surface area (TPSA) is 81.1 Å². The van der Waals surface area contributed by atoms with Crippen LogP contribution in [-0.4, -0.2) is 23.5 Å². The van der Waals surface area contributed by atoms with E-state index in [-0.39, 0.29) is 11.4 Å². The number of nitrogens with one attached hydrogen (secondary N) is 1. The lowest BCUT2D eigenvalue weighted by Crippen LogP contribution is -2.46. The molecular formula is C13H25N3O. The molecule has 0 atom stereocenters. The molecule has 0 heterocycles. The van der Waals surface area contributed by atoms with Gasteiger partial charge in [0, 0.05) is 24.0 Å². The van der Waals surface area contributed by atoms with Crippen molar-refractivity contribution < 1.29 is 4.79 Å². The molecule has 2 aliphatic rings. The maximum atomic E-state index is 11.9. The molecule has 0 aromatic heterocycles. The third-order valence-electron chi connectivity index (χ3n) is 4.25. The number of nitrogens with two attached hydrogens (primary N) is 2. The highest BCUT2D eigenvalue weighted by atomic mass is 16.1. The summed E-state index contributed by atoms with van der Waals surface area (Å²) < 4.78 is 0. The van der Waals surface area contributed by atoms with Gasteiger partial charge in [0.25, 0.3) is 0 Å². The Balaban J connectivity index is 1.73. The van der Waals surface area contributed by atoms with Crippen LogP contribution >= 0.6 is 0 Å². The lowest BCUT2D eigenvalue weighted by atomic mass is 9.90. The van der Waals surface area contributed by atoms with E-state index in [1.54, 1.807) is 0 Å². The Bertz CT molecular complexity index is 266. The molecule has 17 heavy (non-hydrogen) atoms. The highest BCUT2D eigenvalue weighted by Gasteiger charge is 2.32. The predicted molar refractivity (Wildman–Crippen MR) is 68.4 cm³/mol. The van der Waals surface area contributed by atoms with Gasteiger partial charge in [-0.25, -0.2) is 0 Å². The number of rotatable bonds is 3. The molecule has 0 spiro atoms. The lowest BCUT2D eigenvalue weighted by molar-refractivity contribution is -0.123. The summed E-state index contributed by atoms with van der Waals surface area (Å²) in [5.74, 6) is 0.134. The molecule has 0 aromatic carbocycles. The van der Waals surface area contributed by atoms with Gasteiger partial charge in [-0.2, -0.15) is 0 Å². The molecule has 0 unspecified atom stereocenters. The number of hydrogen-bond donors (Lipinski definition) is 3. The van der Waals surface area contributed by atoms with Crippen molar-refractivity contribution in [2.24, 2.45) is 11.5 Å². The average Bonchev–Trinajstić information content (AvgIpc) is 2.68. The summed E-state index contributed by atoms with van der Waals surface area (Å²) in [5, 5.41) is 3.12. The minimum atomic E-state index is -0.227. The van der Waals surface area contributed by atoms with Crippen molar-refractivity contribution in [2.75, 3.05) is 0 Å². The van der Waals surface area contributed by atoms with Gasteiger partial charge in [0.1, 0.15) is 0 Å². The standard InChI is InChI=1S/C13H25N3O/c14-10-3-5-11(6-4-10)16-12(17)9-13(15)7-1-2-8-13/h10-11H,1-9,14-15H2,(H,16,17). The molecule has 4 heteroatoms. The van der Waals surface area contributed by atoms with Crippen molar-refractivity contribution in [2.45, 2.75) is 75.4 Å². The second-order valence-corrected chi connectivity index (χ2v) is 5.93. The molecule has 2 fully saturated rings. The van der Waals surface area contributed by atoms with E-state index in [2.05, 4.69) is 5.32 Å². The normalized spacial score (nSPS) is 32.4. The highest BCUT2D eigenvalue weighted by molar-refractivity contribution is 5.77. The Hall–Kier alpha value is -0.610. The summed E-state index contributed by atoms with van der Waals surface area (Å²) >= 11 is 0. The van der Waals surface area contributed by atoms with Gasteiger partial charge < -0.3 is 16.8 Å². The maximum absolute atomic E-state index is 11.9. The molecule has 1 amide bonds. The molecule has 0 bridgehead atoms. The van der Waals surface area contributed by atoms with E-state index in [0.717, 1.165) is 38.5 Å². The highest BCUT2D eigenvalue weighted by Crippen LogP contribution is 2.30. The molecular weight excluding hydrogens is 214 g/mol. The second kappa shape index (κ2) is 5.36. The van der Waals surface area contributed by atoms with E-state index in [0.29, 0.717) is 18.5 Å². The summed E-state index contributed by atoms with van der Waals surface area (Å²) in [5.41, 5.74) is 11.8. The fourth-order valence-corrected chi connectivity index (χ4v) is 3.12. The SMILES string of the molecule is NC1CCC(NC(=O)CC2(N)CCCC2)CC1. The zero-order valence-electron chi connectivity index (χ0n) is 10.6. The molecule has 2 aliphatic carbocycles. The van der Waals surface area contributed by atoms with Crippen LogP contribution in [0.15, 0.2) is 0 Å². The van der Waals surface area contributed by atoms with Crippen LogP contribution in [0, 0.1) is 0 Å². The van der Waals surface area contributed by atoms with Crippen molar-refractivity contribution in [3.8, 4) is 0 Å². The largest absolute Gasteiger partial charge is 0.353 e. The molecule has 0 aliphatic heterocycles. The molecule has 4 nitrogen and oxygen atoms in total. The van der Waals surface area contributed by atoms with Crippen LogP contribution in [0.25, 0.3) is 0 Å². The van der Waals surface area contributed by atoms with Crippen LogP contribution < -0.4 is 16.8 Å². The van der Waals surface area contributed by atoms with Crippen LogP contribution in [-0.2, 0) is 4.79 Å². The molecule has 0 radical (unpaired) electrons. The Morgan fingerprint density at radius 2 is 1.76 bits per heavy atom. The quantitative estimate of drug-likeness (QED) is 0.688. The number of carbonyl (C=O) groups excluding carboxylic acids is 1. The third-order valence-corrected chi connectivity index (χ3v) is 4.25. The third kappa shape index (κ3) is 3.68. The van der Waals surface area contributed by atoms with Crippen LogP contribution in [0.3, 0.4) is 0 Å². The van der Waals surface area contributed by atoms with Gasteiger partial charge in [0.2, 0.25) is 5.91 Å². The van der Waals surface area contributed by atoms with Crippen LogP contribution in [0.1, 0.15) is 57.8 Å². The van der Waals surface area contributed by atoms with Crippen LogP contribution in [0.2, 0.25) is 0 Å². The van der Waals surface area contributed by atoms with Gasteiger partial charge in [-0.1, -0.05) is 12.8 Å². The number of amides is 1. The molecule has 2 saturated carbocycles. The first-order chi connectivity index (χ1) is 8.07. The van der Waals surface area contributed by atoms with E-state index in [1.807, 2.05) is 0 Å². The summed E-state index contributed by atoms with van der Waals surface area (Å²) in [6, 6.07) is 0.658. The van der Waals surface area contributed by atoms with E-state index in [9.17, 15) is 4.79 Å². The molecule has 5 N–H and O–H groups in total. The summed E-state index contributed by atoms with van der Waals surface area (Å²) in [6.07, 6.45) is 8.91. The lowest BCUT2D eigenvalue weighted by Gasteiger charge is -2.29. The first-order valence-corrected chi connectivity index (χ1v) is 6.91. The van der Waals surface area contributed by atoms with E-state index < -0.39 is 0 Å². The summed E-state index contributed by atoms with van der Waals surface area (Å²) in [7, 11) is 0. The van der Waals surface area contributed by atoms with E-state index in [4.69, 9.17) is 11.5 Å². The zero-order chi connectivity index (χ0) is 12.3. The Labute approximate surface area is 103 Å². The van der Waals surface area contributed by atoms with Gasteiger partial charge in [0.05, 0.1) is 0 Å². The predicted octanol–water partition coefficient (Wildman–Crippen LogP) is 1.03. The van der Waals surface area contributed by atoms with E-state index in [1.165, 1.54) is 12.8 Å². The zero-order valence-corrected chi connectivity index (χ0v) is 10.6.